The number of amides is 1. The second kappa shape index (κ2) is 11.0. The average Bonchev–Trinajstić information content (AvgIpc) is 2.78. The first kappa shape index (κ1) is 26.3. The molecule has 1 N–H and O–H groups in total. The summed E-state index contributed by atoms with van der Waals surface area (Å²) in [5.74, 6) is 1.41. The van der Waals surface area contributed by atoms with Gasteiger partial charge in [-0.1, -0.05) is 25.4 Å². The average molecular weight is 486 g/mol. The molecular weight excluding hydrogens is 446 g/mol. The Morgan fingerprint density at radius 1 is 1.12 bits per heavy atom. The number of hydrogen-bond acceptors (Lipinski definition) is 3. The van der Waals surface area contributed by atoms with Crippen molar-refractivity contribution < 1.29 is 4.79 Å². The van der Waals surface area contributed by atoms with Crippen molar-refractivity contribution in [2.75, 3.05) is 18.5 Å². The van der Waals surface area contributed by atoms with Crippen LogP contribution < -0.4 is 10.5 Å². The molecule has 34 heavy (non-hydrogen) atoms. The standard InChI is InChI=1S/C28H40ClN3O2/c1-8-32(23-11-9-21(10-12-23)17(2)3)26-15-22(29)14-24(20(26)6)28(34)31(7)16-25-18(4)13-19(5)30-27(25)33/h13-15,17,21,23H,8-12,16H2,1-7H3,(H,30,33). The van der Waals surface area contributed by atoms with Gasteiger partial charge in [-0.15, -0.1) is 0 Å². The minimum Gasteiger partial charge on any atom is -0.369 e. The summed E-state index contributed by atoms with van der Waals surface area (Å²) >= 11 is 6.55. The Balaban J connectivity index is 1.87. The van der Waals surface area contributed by atoms with Crippen LogP contribution in [0, 0.1) is 32.6 Å². The van der Waals surface area contributed by atoms with Crippen molar-refractivity contribution in [3.8, 4) is 0 Å². The van der Waals surface area contributed by atoms with Crippen molar-refractivity contribution in [1.29, 1.82) is 0 Å². The van der Waals surface area contributed by atoms with E-state index in [4.69, 9.17) is 11.6 Å². The molecule has 3 rings (SSSR count). The summed E-state index contributed by atoms with van der Waals surface area (Å²) in [5.41, 5.74) is 4.76. The maximum atomic E-state index is 13.5. The highest BCUT2D eigenvalue weighted by Gasteiger charge is 2.29. The highest BCUT2D eigenvalue weighted by molar-refractivity contribution is 6.31. The van der Waals surface area contributed by atoms with Crippen molar-refractivity contribution in [2.45, 2.75) is 79.8 Å². The number of pyridine rings is 1. The molecule has 186 valence electrons. The van der Waals surface area contributed by atoms with Crippen molar-refractivity contribution in [3.63, 3.8) is 0 Å². The number of hydrogen-bond donors (Lipinski definition) is 1. The van der Waals surface area contributed by atoms with E-state index in [0.29, 0.717) is 22.2 Å². The molecule has 5 nitrogen and oxygen atoms in total. The normalized spacial score (nSPS) is 18.3. The van der Waals surface area contributed by atoms with Crippen LogP contribution in [-0.4, -0.2) is 35.4 Å². The van der Waals surface area contributed by atoms with E-state index in [1.165, 1.54) is 25.7 Å². The Labute approximate surface area is 209 Å². The first-order valence-electron chi connectivity index (χ1n) is 12.5. The van der Waals surface area contributed by atoms with Gasteiger partial charge in [0.05, 0.1) is 6.54 Å². The van der Waals surface area contributed by atoms with Gasteiger partial charge in [0.15, 0.2) is 0 Å². The number of anilines is 1. The van der Waals surface area contributed by atoms with E-state index >= 15 is 0 Å². The molecule has 1 aromatic heterocycles. The van der Waals surface area contributed by atoms with Crippen LogP contribution in [-0.2, 0) is 6.54 Å². The molecule has 1 amide bonds. The molecule has 0 aliphatic heterocycles. The molecule has 0 bridgehead atoms. The fraction of sp³-hybridized carbons (Fsp3) is 0.571. The summed E-state index contributed by atoms with van der Waals surface area (Å²) in [5, 5.41) is 0.566. The van der Waals surface area contributed by atoms with Crippen LogP contribution in [0.4, 0.5) is 5.69 Å². The number of H-pyrrole nitrogens is 1. The lowest BCUT2D eigenvalue weighted by Crippen LogP contribution is -2.39. The molecule has 1 aliphatic carbocycles. The van der Waals surface area contributed by atoms with Crippen molar-refractivity contribution in [1.82, 2.24) is 9.88 Å². The summed E-state index contributed by atoms with van der Waals surface area (Å²) in [6, 6.07) is 6.16. The molecule has 6 heteroatoms. The van der Waals surface area contributed by atoms with Crippen LogP contribution >= 0.6 is 11.6 Å². The van der Waals surface area contributed by atoms with Gasteiger partial charge >= 0.3 is 0 Å². The van der Waals surface area contributed by atoms with Crippen LogP contribution in [0.15, 0.2) is 23.0 Å². The zero-order valence-corrected chi connectivity index (χ0v) is 22.6. The van der Waals surface area contributed by atoms with Gasteiger partial charge < -0.3 is 14.8 Å². The summed E-state index contributed by atoms with van der Waals surface area (Å²) < 4.78 is 0. The SMILES string of the molecule is CCN(c1cc(Cl)cc(C(=O)N(C)Cc2c(C)cc(C)[nH]c2=O)c1C)C1CCC(C(C)C)CC1. The molecule has 0 atom stereocenters. The molecular formula is C28H40ClN3O2. The molecule has 2 aromatic rings. The second-order valence-corrected chi connectivity index (χ2v) is 10.7. The van der Waals surface area contributed by atoms with E-state index in [1.54, 1.807) is 18.0 Å². The maximum absolute atomic E-state index is 13.5. The maximum Gasteiger partial charge on any atom is 0.254 e. The zero-order valence-electron chi connectivity index (χ0n) is 21.8. The molecule has 0 spiro atoms. The summed E-state index contributed by atoms with van der Waals surface area (Å²) in [4.78, 5) is 32.9. The smallest absolute Gasteiger partial charge is 0.254 e. The number of nitrogens with zero attached hydrogens (tertiary/aromatic N) is 2. The highest BCUT2D eigenvalue weighted by Crippen LogP contribution is 2.37. The lowest BCUT2D eigenvalue weighted by molar-refractivity contribution is 0.0783. The van der Waals surface area contributed by atoms with E-state index < -0.39 is 0 Å². The molecule has 0 radical (unpaired) electrons. The third-order valence-corrected chi connectivity index (χ3v) is 7.80. The summed E-state index contributed by atoms with van der Waals surface area (Å²) in [6.07, 6.45) is 4.83. The van der Waals surface area contributed by atoms with Crippen LogP contribution in [0.2, 0.25) is 5.02 Å². The molecule has 0 saturated heterocycles. The summed E-state index contributed by atoms with van der Waals surface area (Å²) in [7, 11) is 1.74. The van der Waals surface area contributed by atoms with Crippen LogP contribution in [0.5, 0.6) is 0 Å². The van der Waals surface area contributed by atoms with Gasteiger partial charge in [0, 0.05) is 47.2 Å². The van der Waals surface area contributed by atoms with Crippen molar-refractivity contribution in [2.24, 2.45) is 11.8 Å². The molecule has 0 unspecified atom stereocenters. The number of rotatable bonds is 7. The first-order valence-corrected chi connectivity index (χ1v) is 12.9. The van der Waals surface area contributed by atoms with Crippen LogP contribution in [0.25, 0.3) is 0 Å². The third kappa shape index (κ3) is 5.68. The number of aromatic amines is 1. The highest BCUT2D eigenvalue weighted by atomic mass is 35.5. The summed E-state index contributed by atoms with van der Waals surface area (Å²) in [6.45, 7) is 13.7. The third-order valence-electron chi connectivity index (χ3n) is 7.59. The minimum absolute atomic E-state index is 0.125. The Hall–Kier alpha value is -2.27. The monoisotopic (exact) mass is 485 g/mol. The van der Waals surface area contributed by atoms with E-state index in [1.807, 2.05) is 32.9 Å². The first-order chi connectivity index (χ1) is 16.0. The zero-order chi connectivity index (χ0) is 25.2. The Morgan fingerprint density at radius 2 is 1.76 bits per heavy atom. The molecule has 1 heterocycles. The van der Waals surface area contributed by atoms with Gasteiger partial charge in [0.25, 0.3) is 11.5 Å². The van der Waals surface area contributed by atoms with Crippen LogP contribution in [0.1, 0.15) is 79.2 Å². The van der Waals surface area contributed by atoms with Gasteiger partial charge in [-0.05, 0) is 94.5 Å². The van der Waals surface area contributed by atoms with Gasteiger partial charge in [-0.25, -0.2) is 0 Å². The van der Waals surface area contributed by atoms with Crippen molar-refractivity contribution >= 4 is 23.2 Å². The van der Waals surface area contributed by atoms with E-state index in [9.17, 15) is 9.59 Å². The van der Waals surface area contributed by atoms with E-state index in [-0.39, 0.29) is 18.0 Å². The fourth-order valence-corrected chi connectivity index (χ4v) is 5.70. The lowest BCUT2D eigenvalue weighted by atomic mass is 9.79. The van der Waals surface area contributed by atoms with Gasteiger partial charge in [-0.2, -0.15) is 0 Å². The number of carbonyl (C=O) groups is 1. The number of aryl methyl sites for hydroxylation is 2. The quantitative estimate of drug-likeness (QED) is 0.503. The Kier molecular flexibility index (Phi) is 8.51. The Bertz CT molecular complexity index is 1080. The minimum atomic E-state index is -0.144. The van der Waals surface area contributed by atoms with Crippen LogP contribution in [0.3, 0.4) is 0 Å². The molecule has 1 saturated carbocycles. The second-order valence-electron chi connectivity index (χ2n) is 10.3. The van der Waals surface area contributed by atoms with Gasteiger partial charge in [0.1, 0.15) is 0 Å². The number of halogens is 1. The fourth-order valence-electron chi connectivity index (χ4n) is 5.48. The largest absolute Gasteiger partial charge is 0.369 e. The number of nitrogens with one attached hydrogen (secondary N) is 1. The van der Waals surface area contributed by atoms with Crippen molar-refractivity contribution in [3.05, 3.63) is 61.5 Å². The lowest BCUT2D eigenvalue weighted by Gasteiger charge is -2.40. The van der Waals surface area contributed by atoms with E-state index in [2.05, 4.69) is 30.7 Å². The molecule has 1 fully saturated rings. The molecule has 1 aliphatic rings. The topological polar surface area (TPSA) is 56.4 Å². The van der Waals surface area contributed by atoms with Gasteiger partial charge in [-0.3, -0.25) is 9.59 Å². The Morgan fingerprint density at radius 3 is 2.32 bits per heavy atom. The number of aromatic nitrogens is 1. The predicted octanol–water partition coefficient (Wildman–Crippen LogP) is 6.27. The number of benzene rings is 1. The van der Waals surface area contributed by atoms with E-state index in [0.717, 1.165) is 40.9 Å². The molecule has 1 aromatic carbocycles. The van der Waals surface area contributed by atoms with Gasteiger partial charge in [0.2, 0.25) is 0 Å². The number of carbonyl (C=O) groups excluding carboxylic acids is 1. The predicted molar refractivity (Wildman–Crippen MR) is 142 cm³/mol.